The van der Waals surface area contributed by atoms with E-state index in [0.717, 1.165) is 4.09 Å². The molecule has 17 heavy (non-hydrogen) atoms. The number of aromatic carboxylic acids is 1. The fourth-order valence-corrected chi connectivity index (χ4v) is 2.42. The number of hydrogen-bond donors (Lipinski definition) is 1. The summed E-state index contributed by atoms with van der Waals surface area (Å²) in [6, 6.07) is 0. The van der Waals surface area contributed by atoms with E-state index in [1.807, 2.05) is 27.7 Å². The first-order valence-electron chi connectivity index (χ1n) is 5.58. The Bertz CT molecular complexity index is 429. The molecule has 1 aliphatic rings. The van der Waals surface area contributed by atoms with Gasteiger partial charge < -0.3 is 5.11 Å². The first-order chi connectivity index (χ1) is 7.94. The molecule has 1 aromatic rings. The summed E-state index contributed by atoms with van der Waals surface area (Å²) in [6.07, 6.45) is 1.31. The van der Waals surface area contributed by atoms with Gasteiger partial charge in [0.05, 0.1) is 5.69 Å². The molecule has 1 heterocycles. The lowest BCUT2D eigenvalue weighted by Gasteiger charge is -2.15. The third-order valence-electron chi connectivity index (χ3n) is 2.63. The molecule has 0 unspecified atom stereocenters. The Kier molecular flexibility index (Phi) is 4.19. The zero-order valence-electron chi connectivity index (χ0n) is 10.5. The molecule has 0 saturated heterocycles. The molecule has 1 aliphatic carbocycles. The largest absolute Gasteiger partial charge is 0.476 e. The molecule has 4 nitrogen and oxygen atoms in total. The third kappa shape index (κ3) is 2.62. The van der Waals surface area contributed by atoms with Gasteiger partial charge in [0.15, 0.2) is 18.0 Å². The van der Waals surface area contributed by atoms with Crippen molar-refractivity contribution < 1.29 is 13.8 Å². The standard InChI is InChI=1S/C9H11FN2O2S.C2H6/c1-9(2)3-5-6(4-9)12(15-10)11-7(5)8(13)14;1-2/h3-4H2,1-2H3,(H,13,14);1-2H3. The second kappa shape index (κ2) is 5.08. The normalized spacial score (nSPS) is 16.1. The van der Waals surface area contributed by atoms with Gasteiger partial charge in [0.25, 0.3) is 0 Å². The van der Waals surface area contributed by atoms with Crippen molar-refractivity contribution in [3.05, 3.63) is 17.0 Å². The van der Waals surface area contributed by atoms with E-state index in [4.69, 9.17) is 5.11 Å². The Labute approximate surface area is 105 Å². The van der Waals surface area contributed by atoms with Gasteiger partial charge in [-0.2, -0.15) is 9.19 Å². The molecule has 0 aromatic carbocycles. The summed E-state index contributed by atoms with van der Waals surface area (Å²) in [7, 11) is 0. The van der Waals surface area contributed by atoms with Crippen LogP contribution < -0.4 is 0 Å². The van der Waals surface area contributed by atoms with Gasteiger partial charge in [0.1, 0.15) is 0 Å². The average molecular weight is 260 g/mol. The molecule has 1 aromatic heterocycles. The van der Waals surface area contributed by atoms with Crippen LogP contribution in [0.3, 0.4) is 0 Å². The zero-order chi connectivity index (χ0) is 13.2. The predicted octanol–water partition coefficient (Wildman–Crippen LogP) is 3.11. The minimum Gasteiger partial charge on any atom is -0.476 e. The van der Waals surface area contributed by atoms with E-state index >= 15 is 0 Å². The van der Waals surface area contributed by atoms with Crippen LogP contribution >= 0.6 is 12.3 Å². The van der Waals surface area contributed by atoms with E-state index in [2.05, 4.69) is 5.10 Å². The van der Waals surface area contributed by atoms with Gasteiger partial charge in [-0.25, -0.2) is 4.79 Å². The van der Waals surface area contributed by atoms with Crippen molar-refractivity contribution in [3.63, 3.8) is 0 Å². The number of carboxylic acids is 1. The van der Waals surface area contributed by atoms with Crippen LogP contribution in [0.1, 0.15) is 49.4 Å². The van der Waals surface area contributed by atoms with Gasteiger partial charge in [-0.15, -0.1) is 3.89 Å². The monoisotopic (exact) mass is 260 g/mol. The SMILES string of the molecule is CC.CC1(C)Cc2c(C(=O)O)nn(SF)c2C1. The van der Waals surface area contributed by atoms with Crippen LogP contribution in [0.25, 0.3) is 0 Å². The second-order valence-electron chi connectivity index (χ2n) is 4.54. The average Bonchev–Trinajstić information content (AvgIpc) is 2.73. The van der Waals surface area contributed by atoms with E-state index < -0.39 is 5.97 Å². The lowest BCUT2D eigenvalue weighted by atomic mass is 9.90. The molecule has 96 valence electrons. The molecule has 0 spiro atoms. The van der Waals surface area contributed by atoms with Crippen molar-refractivity contribution in [2.45, 2.75) is 40.5 Å². The van der Waals surface area contributed by atoms with E-state index in [0.29, 0.717) is 24.1 Å². The summed E-state index contributed by atoms with van der Waals surface area (Å²) in [6.45, 7) is 8.07. The highest BCUT2D eigenvalue weighted by Gasteiger charge is 2.36. The van der Waals surface area contributed by atoms with E-state index in [1.165, 1.54) is 0 Å². The molecule has 1 N–H and O–H groups in total. The summed E-state index contributed by atoms with van der Waals surface area (Å²) in [5.74, 6) is -1.09. The smallest absolute Gasteiger partial charge is 0.356 e. The van der Waals surface area contributed by atoms with Crippen molar-refractivity contribution in [1.82, 2.24) is 9.19 Å². The molecule has 0 amide bonds. The Morgan fingerprint density at radius 1 is 1.47 bits per heavy atom. The molecular weight excluding hydrogens is 243 g/mol. The Balaban J connectivity index is 0.000000686. The van der Waals surface area contributed by atoms with Gasteiger partial charge in [-0.3, -0.25) is 0 Å². The molecule has 6 heteroatoms. The van der Waals surface area contributed by atoms with Crippen LogP contribution in [0, 0.1) is 5.41 Å². The minimum absolute atomic E-state index is 0.00468. The van der Waals surface area contributed by atoms with Gasteiger partial charge in [-0.1, -0.05) is 27.7 Å². The number of rotatable bonds is 2. The molecule has 0 radical (unpaired) electrons. The maximum Gasteiger partial charge on any atom is 0.356 e. The summed E-state index contributed by atoms with van der Waals surface area (Å²) >= 11 is -0.0446. The van der Waals surface area contributed by atoms with Crippen molar-refractivity contribution >= 4 is 18.3 Å². The van der Waals surface area contributed by atoms with Gasteiger partial charge in [0.2, 0.25) is 0 Å². The number of halogens is 1. The van der Waals surface area contributed by atoms with Crippen LogP contribution in [0.5, 0.6) is 0 Å². The minimum atomic E-state index is -1.09. The van der Waals surface area contributed by atoms with E-state index in [-0.39, 0.29) is 23.4 Å². The summed E-state index contributed by atoms with van der Waals surface area (Å²) in [4.78, 5) is 10.9. The number of hydrogen-bond acceptors (Lipinski definition) is 3. The van der Waals surface area contributed by atoms with Crippen LogP contribution in [0.15, 0.2) is 0 Å². The molecule has 0 atom stereocenters. The number of fused-ring (bicyclic) bond motifs is 1. The Morgan fingerprint density at radius 2 is 2.06 bits per heavy atom. The first kappa shape index (κ1) is 14.0. The summed E-state index contributed by atoms with van der Waals surface area (Å²) in [5, 5.41) is 12.6. The number of carbonyl (C=O) groups is 1. The number of nitrogens with zero attached hydrogens (tertiary/aromatic N) is 2. The fraction of sp³-hybridized carbons (Fsp3) is 0.636. The predicted molar refractivity (Wildman–Crippen MR) is 65.8 cm³/mol. The highest BCUT2D eigenvalue weighted by Crippen LogP contribution is 2.39. The van der Waals surface area contributed by atoms with Gasteiger partial charge in [0, 0.05) is 5.56 Å². The molecule has 0 bridgehead atoms. The molecule has 2 rings (SSSR count). The molecular formula is C11H17FN2O2S. The van der Waals surface area contributed by atoms with E-state index in [9.17, 15) is 8.68 Å². The van der Waals surface area contributed by atoms with Crippen LogP contribution in [-0.2, 0) is 12.8 Å². The van der Waals surface area contributed by atoms with Crippen LogP contribution in [-0.4, -0.2) is 20.3 Å². The summed E-state index contributed by atoms with van der Waals surface area (Å²) in [5.41, 5.74) is 1.36. The lowest BCUT2D eigenvalue weighted by molar-refractivity contribution is 0.0688. The Hall–Kier alpha value is -1.04. The highest BCUT2D eigenvalue weighted by molar-refractivity contribution is 7.92. The van der Waals surface area contributed by atoms with Gasteiger partial charge >= 0.3 is 5.97 Å². The second-order valence-corrected chi connectivity index (χ2v) is 5.02. The highest BCUT2D eigenvalue weighted by atomic mass is 32.2. The third-order valence-corrected chi connectivity index (χ3v) is 3.06. The lowest BCUT2D eigenvalue weighted by Crippen LogP contribution is -2.13. The van der Waals surface area contributed by atoms with E-state index in [1.54, 1.807) is 0 Å². The number of carboxylic acid groups (broad SMARTS) is 1. The van der Waals surface area contributed by atoms with Crippen LogP contribution in [0.2, 0.25) is 0 Å². The molecule has 0 fully saturated rings. The molecule has 0 aliphatic heterocycles. The fourth-order valence-electron chi connectivity index (χ4n) is 2.05. The number of aromatic nitrogens is 2. The maximum absolute atomic E-state index is 12.5. The topological polar surface area (TPSA) is 55.1 Å². The summed E-state index contributed by atoms with van der Waals surface area (Å²) < 4.78 is 13.6. The maximum atomic E-state index is 12.5. The Morgan fingerprint density at radius 3 is 2.53 bits per heavy atom. The van der Waals surface area contributed by atoms with Crippen molar-refractivity contribution in [2.24, 2.45) is 5.41 Å². The first-order valence-corrected chi connectivity index (χ1v) is 6.25. The van der Waals surface area contributed by atoms with Crippen molar-refractivity contribution in [2.75, 3.05) is 0 Å². The van der Waals surface area contributed by atoms with Crippen LogP contribution in [0.4, 0.5) is 3.89 Å². The quantitative estimate of drug-likeness (QED) is 0.887. The zero-order valence-corrected chi connectivity index (χ0v) is 11.3. The van der Waals surface area contributed by atoms with Gasteiger partial charge in [-0.05, 0) is 18.3 Å². The molecule has 0 saturated carbocycles. The van der Waals surface area contributed by atoms with Crippen molar-refractivity contribution in [3.8, 4) is 0 Å². The van der Waals surface area contributed by atoms with Crippen molar-refractivity contribution in [1.29, 1.82) is 0 Å².